The minimum atomic E-state index is -0.654. The molecular weight excluding hydrogens is 188 g/mol. The van der Waals surface area contributed by atoms with Gasteiger partial charge in [-0.25, -0.2) is 0 Å². The van der Waals surface area contributed by atoms with Crippen molar-refractivity contribution in [3.8, 4) is 5.75 Å². The third-order valence-electron chi connectivity index (χ3n) is 2.15. The molecule has 0 radical (unpaired) electrons. The van der Waals surface area contributed by atoms with Gasteiger partial charge in [0.1, 0.15) is 5.75 Å². The minimum Gasteiger partial charge on any atom is -0.507 e. The lowest BCUT2D eigenvalue weighted by molar-refractivity contribution is 0.198. The molecule has 2 nitrogen and oxygen atoms in total. The number of hydrogen-bond donors (Lipinski definition) is 2. The van der Waals surface area contributed by atoms with Gasteiger partial charge in [0.15, 0.2) is 0 Å². The van der Waals surface area contributed by atoms with Crippen LogP contribution in [0.5, 0.6) is 5.75 Å². The van der Waals surface area contributed by atoms with E-state index in [0.29, 0.717) is 16.1 Å². The van der Waals surface area contributed by atoms with Crippen LogP contribution in [0, 0.1) is 13.8 Å². The Hall–Kier alpha value is -0.730. The predicted molar refractivity (Wildman–Crippen MR) is 53.2 cm³/mol. The highest BCUT2D eigenvalue weighted by Crippen LogP contribution is 2.34. The van der Waals surface area contributed by atoms with Gasteiger partial charge in [-0.15, -0.1) is 0 Å². The highest BCUT2D eigenvalue weighted by molar-refractivity contribution is 6.31. The standard InChI is InChI=1S/C10H13ClO2/c1-5-4-8(11)9(7(3)12)6(2)10(5)13/h4,7,12-13H,1-3H3. The Balaban J connectivity index is 3.44. The molecule has 1 unspecified atom stereocenters. The number of aryl methyl sites for hydroxylation is 1. The summed E-state index contributed by atoms with van der Waals surface area (Å²) in [4.78, 5) is 0. The zero-order chi connectivity index (χ0) is 10.2. The monoisotopic (exact) mass is 200 g/mol. The summed E-state index contributed by atoms with van der Waals surface area (Å²) in [7, 11) is 0. The molecule has 0 aromatic heterocycles. The molecule has 1 atom stereocenters. The predicted octanol–water partition coefficient (Wildman–Crippen LogP) is 2.72. The molecule has 0 aliphatic heterocycles. The normalized spacial score (nSPS) is 13.0. The molecule has 0 bridgehead atoms. The van der Waals surface area contributed by atoms with Gasteiger partial charge in [-0.3, -0.25) is 0 Å². The first-order chi connectivity index (χ1) is 5.95. The second-order valence-electron chi connectivity index (χ2n) is 3.24. The summed E-state index contributed by atoms with van der Waals surface area (Å²) in [5, 5.41) is 19.5. The molecule has 0 fully saturated rings. The Kier molecular flexibility index (Phi) is 2.84. The SMILES string of the molecule is Cc1cc(Cl)c(C(C)O)c(C)c1O. The van der Waals surface area contributed by atoms with E-state index in [-0.39, 0.29) is 5.75 Å². The summed E-state index contributed by atoms with van der Waals surface area (Å²) in [5.41, 5.74) is 1.98. The summed E-state index contributed by atoms with van der Waals surface area (Å²) >= 11 is 5.93. The summed E-state index contributed by atoms with van der Waals surface area (Å²) in [6, 6.07) is 1.66. The molecule has 0 saturated heterocycles. The largest absolute Gasteiger partial charge is 0.507 e. The maximum atomic E-state index is 9.59. The van der Waals surface area contributed by atoms with Gasteiger partial charge < -0.3 is 10.2 Å². The van der Waals surface area contributed by atoms with Crippen molar-refractivity contribution >= 4 is 11.6 Å². The van der Waals surface area contributed by atoms with E-state index in [1.54, 1.807) is 26.8 Å². The van der Waals surface area contributed by atoms with E-state index in [0.717, 1.165) is 5.56 Å². The smallest absolute Gasteiger partial charge is 0.121 e. The number of benzene rings is 1. The van der Waals surface area contributed by atoms with Gasteiger partial charge in [0.25, 0.3) is 0 Å². The lowest BCUT2D eigenvalue weighted by atomic mass is 10.0. The van der Waals surface area contributed by atoms with Crippen molar-refractivity contribution < 1.29 is 10.2 Å². The van der Waals surface area contributed by atoms with Gasteiger partial charge in [0.05, 0.1) is 6.10 Å². The van der Waals surface area contributed by atoms with E-state index in [1.165, 1.54) is 0 Å². The number of hydrogen-bond acceptors (Lipinski definition) is 2. The molecule has 0 aliphatic rings. The Morgan fingerprint density at radius 3 is 2.38 bits per heavy atom. The van der Waals surface area contributed by atoms with Crippen LogP contribution in [-0.4, -0.2) is 10.2 Å². The topological polar surface area (TPSA) is 40.5 Å². The van der Waals surface area contributed by atoms with Crippen LogP contribution < -0.4 is 0 Å². The molecule has 0 heterocycles. The Labute approximate surface area is 82.8 Å². The summed E-state index contributed by atoms with van der Waals surface area (Å²) in [6.45, 7) is 5.15. The molecule has 2 N–H and O–H groups in total. The van der Waals surface area contributed by atoms with Crippen LogP contribution in [0.3, 0.4) is 0 Å². The summed E-state index contributed by atoms with van der Waals surface area (Å²) in [5.74, 6) is 0.209. The molecule has 0 saturated carbocycles. The quantitative estimate of drug-likeness (QED) is 0.732. The Morgan fingerprint density at radius 2 is 1.92 bits per heavy atom. The second-order valence-corrected chi connectivity index (χ2v) is 3.65. The van der Waals surface area contributed by atoms with Gasteiger partial charge >= 0.3 is 0 Å². The number of phenols is 1. The number of aliphatic hydroxyl groups excluding tert-OH is 1. The van der Waals surface area contributed by atoms with Crippen molar-refractivity contribution in [2.24, 2.45) is 0 Å². The number of aliphatic hydroxyl groups is 1. The first-order valence-electron chi connectivity index (χ1n) is 4.11. The number of phenolic OH excluding ortho intramolecular Hbond substituents is 1. The Bertz CT molecular complexity index is 332. The maximum Gasteiger partial charge on any atom is 0.121 e. The number of rotatable bonds is 1. The van der Waals surface area contributed by atoms with Crippen LogP contribution in [-0.2, 0) is 0 Å². The second kappa shape index (κ2) is 3.56. The molecule has 72 valence electrons. The van der Waals surface area contributed by atoms with E-state index < -0.39 is 6.10 Å². The highest BCUT2D eigenvalue weighted by atomic mass is 35.5. The summed E-state index contributed by atoms with van der Waals surface area (Å²) in [6.07, 6.45) is -0.654. The third kappa shape index (κ3) is 1.79. The lowest BCUT2D eigenvalue weighted by Crippen LogP contribution is -1.97. The van der Waals surface area contributed by atoms with E-state index in [4.69, 9.17) is 11.6 Å². The van der Waals surface area contributed by atoms with Crippen LogP contribution >= 0.6 is 11.6 Å². The van der Waals surface area contributed by atoms with Gasteiger partial charge in [0, 0.05) is 10.6 Å². The van der Waals surface area contributed by atoms with Gasteiger partial charge in [0.2, 0.25) is 0 Å². The van der Waals surface area contributed by atoms with Crippen LogP contribution in [0.4, 0.5) is 0 Å². The van der Waals surface area contributed by atoms with Crippen molar-refractivity contribution in [3.63, 3.8) is 0 Å². The molecule has 13 heavy (non-hydrogen) atoms. The Morgan fingerprint density at radius 1 is 1.38 bits per heavy atom. The molecule has 0 aliphatic carbocycles. The van der Waals surface area contributed by atoms with Crippen molar-refractivity contribution in [2.45, 2.75) is 26.9 Å². The fourth-order valence-electron chi connectivity index (χ4n) is 1.45. The van der Waals surface area contributed by atoms with E-state index in [2.05, 4.69) is 0 Å². The fourth-order valence-corrected chi connectivity index (χ4v) is 1.91. The zero-order valence-corrected chi connectivity index (χ0v) is 8.68. The van der Waals surface area contributed by atoms with Gasteiger partial charge in [-0.2, -0.15) is 0 Å². The van der Waals surface area contributed by atoms with Crippen LogP contribution in [0.1, 0.15) is 29.7 Å². The molecule has 1 aromatic rings. The lowest BCUT2D eigenvalue weighted by Gasteiger charge is -2.14. The van der Waals surface area contributed by atoms with Crippen molar-refractivity contribution in [2.75, 3.05) is 0 Å². The van der Waals surface area contributed by atoms with E-state index in [1.807, 2.05) is 0 Å². The first-order valence-corrected chi connectivity index (χ1v) is 4.49. The van der Waals surface area contributed by atoms with Gasteiger partial charge in [-0.1, -0.05) is 11.6 Å². The average molecular weight is 201 g/mol. The van der Waals surface area contributed by atoms with Crippen molar-refractivity contribution in [1.82, 2.24) is 0 Å². The molecule has 0 amide bonds. The molecule has 0 spiro atoms. The fraction of sp³-hybridized carbons (Fsp3) is 0.400. The number of halogens is 1. The summed E-state index contributed by atoms with van der Waals surface area (Å²) < 4.78 is 0. The van der Waals surface area contributed by atoms with E-state index in [9.17, 15) is 10.2 Å². The zero-order valence-electron chi connectivity index (χ0n) is 7.93. The first kappa shape index (κ1) is 10.4. The third-order valence-corrected chi connectivity index (χ3v) is 2.46. The highest BCUT2D eigenvalue weighted by Gasteiger charge is 2.14. The van der Waals surface area contributed by atoms with Crippen molar-refractivity contribution in [3.05, 3.63) is 27.8 Å². The minimum absolute atomic E-state index is 0.209. The van der Waals surface area contributed by atoms with Crippen molar-refractivity contribution in [1.29, 1.82) is 0 Å². The number of aromatic hydroxyl groups is 1. The van der Waals surface area contributed by atoms with Crippen LogP contribution in [0.15, 0.2) is 6.07 Å². The van der Waals surface area contributed by atoms with Crippen LogP contribution in [0.25, 0.3) is 0 Å². The molecular formula is C10H13ClO2. The average Bonchev–Trinajstić information content (AvgIpc) is 1.99. The van der Waals surface area contributed by atoms with Crippen LogP contribution in [0.2, 0.25) is 5.02 Å². The molecule has 1 aromatic carbocycles. The molecule has 1 rings (SSSR count). The maximum absolute atomic E-state index is 9.59. The van der Waals surface area contributed by atoms with Gasteiger partial charge in [-0.05, 0) is 38.0 Å². The molecule has 3 heteroatoms. The van der Waals surface area contributed by atoms with E-state index >= 15 is 0 Å².